The van der Waals surface area contributed by atoms with Crippen molar-refractivity contribution in [1.29, 1.82) is 0 Å². The van der Waals surface area contributed by atoms with Crippen LogP contribution in [0.4, 0.5) is 0 Å². The fourth-order valence-electron chi connectivity index (χ4n) is 3.02. The Morgan fingerprint density at radius 3 is 2.22 bits per heavy atom. The SMILES string of the molecule is CC(C)C(C(=O)NCC1CNC1)N1C(=O)c2ccccc2C1=O. The Morgan fingerprint density at radius 1 is 1.22 bits per heavy atom. The average Bonchev–Trinajstić information content (AvgIpc) is 2.71. The standard InChI is InChI=1S/C17H21N3O3/c1-10(2)14(15(21)19-9-11-7-18-8-11)20-16(22)12-5-3-4-6-13(12)17(20)23/h3-6,10-11,14,18H,7-9H2,1-2H3,(H,19,21). The number of rotatable bonds is 5. The zero-order chi connectivity index (χ0) is 16.6. The Labute approximate surface area is 135 Å². The van der Waals surface area contributed by atoms with Gasteiger partial charge in [-0.2, -0.15) is 0 Å². The first kappa shape index (κ1) is 15.7. The van der Waals surface area contributed by atoms with Crippen molar-refractivity contribution in [3.05, 3.63) is 35.4 Å². The predicted molar refractivity (Wildman–Crippen MR) is 84.9 cm³/mol. The summed E-state index contributed by atoms with van der Waals surface area (Å²) >= 11 is 0. The first-order valence-corrected chi connectivity index (χ1v) is 7.96. The third-order valence-corrected chi connectivity index (χ3v) is 4.43. The van der Waals surface area contributed by atoms with Crippen molar-refractivity contribution in [3.63, 3.8) is 0 Å². The van der Waals surface area contributed by atoms with Crippen LogP contribution in [0, 0.1) is 11.8 Å². The third kappa shape index (κ3) is 2.74. The van der Waals surface area contributed by atoms with Crippen molar-refractivity contribution in [2.75, 3.05) is 19.6 Å². The van der Waals surface area contributed by atoms with Gasteiger partial charge in [0.15, 0.2) is 0 Å². The highest BCUT2D eigenvalue weighted by Crippen LogP contribution is 2.27. The molecule has 3 rings (SSSR count). The van der Waals surface area contributed by atoms with E-state index in [1.54, 1.807) is 24.3 Å². The van der Waals surface area contributed by atoms with E-state index in [-0.39, 0.29) is 23.6 Å². The van der Waals surface area contributed by atoms with Crippen molar-refractivity contribution >= 4 is 17.7 Å². The fraction of sp³-hybridized carbons (Fsp3) is 0.471. The lowest BCUT2D eigenvalue weighted by molar-refractivity contribution is -0.126. The maximum atomic E-state index is 12.6. The lowest BCUT2D eigenvalue weighted by Crippen LogP contribution is -2.55. The molecular formula is C17H21N3O3. The molecule has 1 aromatic rings. The zero-order valence-corrected chi connectivity index (χ0v) is 13.3. The number of carbonyl (C=O) groups excluding carboxylic acids is 3. The van der Waals surface area contributed by atoms with Crippen LogP contribution in [-0.2, 0) is 4.79 Å². The van der Waals surface area contributed by atoms with Gasteiger partial charge in [-0.25, -0.2) is 0 Å². The predicted octanol–water partition coefficient (Wildman–Crippen LogP) is 0.643. The topological polar surface area (TPSA) is 78.5 Å². The summed E-state index contributed by atoms with van der Waals surface area (Å²) in [4.78, 5) is 38.9. The van der Waals surface area contributed by atoms with E-state index in [2.05, 4.69) is 10.6 Å². The van der Waals surface area contributed by atoms with Gasteiger partial charge in [-0.05, 0) is 18.1 Å². The normalized spacial score (nSPS) is 18.8. The first-order chi connectivity index (χ1) is 11.0. The van der Waals surface area contributed by atoms with Crippen LogP contribution in [-0.4, -0.2) is 48.3 Å². The van der Waals surface area contributed by atoms with E-state index >= 15 is 0 Å². The minimum absolute atomic E-state index is 0.156. The number of hydrogen-bond acceptors (Lipinski definition) is 4. The van der Waals surface area contributed by atoms with Gasteiger partial charge in [0, 0.05) is 25.6 Å². The molecule has 23 heavy (non-hydrogen) atoms. The highest BCUT2D eigenvalue weighted by molar-refractivity contribution is 6.22. The van der Waals surface area contributed by atoms with Crippen molar-refractivity contribution in [2.45, 2.75) is 19.9 Å². The molecular weight excluding hydrogens is 294 g/mol. The maximum Gasteiger partial charge on any atom is 0.262 e. The Morgan fingerprint density at radius 2 is 1.78 bits per heavy atom. The molecule has 1 fully saturated rings. The molecule has 6 heteroatoms. The van der Waals surface area contributed by atoms with Gasteiger partial charge in [0.05, 0.1) is 11.1 Å². The monoisotopic (exact) mass is 315 g/mol. The van der Waals surface area contributed by atoms with Gasteiger partial charge in [0.25, 0.3) is 11.8 Å². The van der Waals surface area contributed by atoms with Gasteiger partial charge in [0.1, 0.15) is 6.04 Å². The molecule has 0 saturated carbocycles. The highest BCUT2D eigenvalue weighted by atomic mass is 16.2. The van der Waals surface area contributed by atoms with Gasteiger partial charge >= 0.3 is 0 Å². The summed E-state index contributed by atoms with van der Waals surface area (Å²) in [6.45, 7) is 6.04. The van der Waals surface area contributed by atoms with Gasteiger partial charge in [-0.1, -0.05) is 26.0 Å². The van der Waals surface area contributed by atoms with E-state index in [1.165, 1.54) is 0 Å². The Bertz CT molecular complexity index is 617. The molecule has 0 bridgehead atoms. The number of amides is 3. The molecule has 0 radical (unpaired) electrons. The van der Waals surface area contributed by atoms with E-state index in [0.717, 1.165) is 18.0 Å². The number of hydrogen-bond donors (Lipinski definition) is 2. The highest BCUT2D eigenvalue weighted by Gasteiger charge is 2.43. The number of nitrogens with zero attached hydrogens (tertiary/aromatic N) is 1. The minimum atomic E-state index is -0.782. The summed E-state index contributed by atoms with van der Waals surface area (Å²) in [5, 5.41) is 6.03. The quantitative estimate of drug-likeness (QED) is 0.782. The third-order valence-electron chi connectivity index (χ3n) is 4.43. The summed E-state index contributed by atoms with van der Waals surface area (Å²) in [6, 6.07) is 5.93. The van der Waals surface area contributed by atoms with Crippen molar-refractivity contribution in [2.24, 2.45) is 11.8 Å². The van der Waals surface area contributed by atoms with E-state index in [9.17, 15) is 14.4 Å². The summed E-state index contributed by atoms with van der Waals surface area (Å²) in [5.74, 6) is -0.762. The van der Waals surface area contributed by atoms with Gasteiger partial charge in [-0.3, -0.25) is 19.3 Å². The molecule has 2 aliphatic heterocycles. The maximum absolute atomic E-state index is 12.6. The largest absolute Gasteiger partial charge is 0.354 e. The zero-order valence-electron chi connectivity index (χ0n) is 13.3. The lowest BCUT2D eigenvalue weighted by Gasteiger charge is -2.31. The average molecular weight is 315 g/mol. The molecule has 2 N–H and O–H groups in total. The van der Waals surface area contributed by atoms with Crippen LogP contribution in [0.2, 0.25) is 0 Å². The minimum Gasteiger partial charge on any atom is -0.354 e. The Balaban J connectivity index is 1.80. The molecule has 122 valence electrons. The van der Waals surface area contributed by atoms with Crippen molar-refractivity contribution < 1.29 is 14.4 Å². The van der Waals surface area contributed by atoms with E-state index in [1.807, 2.05) is 13.8 Å². The van der Waals surface area contributed by atoms with Crippen molar-refractivity contribution in [1.82, 2.24) is 15.5 Å². The molecule has 1 aromatic carbocycles. The van der Waals surface area contributed by atoms with Crippen LogP contribution >= 0.6 is 0 Å². The summed E-state index contributed by atoms with van der Waals surface area (Å²) in [7, 11) is 0. The first-order valence-electron chi connectivity index (χ1n) is 7.96. The molecule has 0 aromatic heterocycles. The van der Waals surface area contributed by atoms with E-state index in [4.69, 9.17) is 0 Å². The number of imide groups is 1. The molecule has 1 saturated heterocycles. The smallest absolute Gasteiger partial charge is 0.262 e. The van der Waals surface area contributed by atoms with Gasteiger partial charge < -0.3 is 10.6 Å². The molecule has 2 aliphatic rings. The molecule has 3 amide bonds. The van der Waals surface area contributed by atoms with Crippen molar-refractivity contribution in [3.8, 4) is 0 Å². The summed E-state index contributed by atoms with van der Waals surface area (Å²) < 4.78 is 0. The molecule has 1 unspecified atom stereocenters. The summed E-state index contributed by atoms with van der Waals surface area (Å²) in [5.41, 5.74) is 0.748. The van der Waals surface area contributed by atoms with Crippen LogP contribution < -0.4 is 10.6 Å². The molecule has 0 spiro atoms. The Hall–Kier alpha value is -2.21. The Kier molecular flexibility index (Phi) is 4.17. The molecule has 6 nitrogen and oxygen atoms in total. The number of fused-ring (bicyclic) bond motifs is 1. The molecule has 2 heterocycles. The second kappa shape index (κ2) is 6.12. The summed E-state index contributed by atoms with van der Waals surface area (Å²) in [6.07, 6.45) is 0. The van der Waals surface area contributed by atoms with Gasteiger partial charge in [-0.15, -0.1) is 0 Å². The second-order valence-corrected chi connectivity index (χ2v) is 6.48. The van der Waals surface area contributed by atoms with E-state index in [0.29, 0.717) is 23.6 Å². The number of carbonyl (C=O) groups is 3. The second-order valence-electron chi connectivity index (χ2n) is 6.48. The molecule has 1 atom stereocenters. The lowest BCUT2D eigenvalue weighted by atomic mass is 10.00. The van der Waals surface area contributed by atoms with Crippen LogP contribution in [0.1, 0.15) is 34.6 Å². The molecule has 0 aliphatic carbocycles. The number of nitrogens with one attached hydrogen (secondary N) is 2. The van der Waals surface area contributed by atoms with Crippen LogP contribution in [0.15, 0.2) is 24.3 Å². The fourth-order valence-corrected chi connectivity index (χ4v) is 3.02. The van der Waals surface area contributed by atoms with Crippen LogP contribution in [0.3, 0.4) is 0 Å². The number of benzene rings is 1. The van der Waals surface area contributed by atoms with Crippen LogP contribution in [0.25, 0.3) is 0 Å². The van der Waals surface area contributed by atoms with Crippen LogP contribution in [0.5, 0.6) is 0 Å². The van der Waals surface area contributed by atoms with Gasteiger partial charge in [0.2, 0.25) is 5.91 Å². The van der Waals surface area contributed by atoms with E-state index < -0.39 is 6.04 Å².